The molecule has 0 aliphatic carbocycles. The largest absolute Gasteiger partial charge is 0.467 e. The van der Waals surface area contributed by atoms with Gasteiger partial charge in [0.2, 0.25) is 5.91 Å². The fourth-order valence-electron chi connectivity index (χ4n) is 3.48. The molecule has 170 valence electrons. The summed E-state index contributed by atoms with van der Waals surface area (Å²) >= 11 is 1.36. The van der Waals surface area contributed by atoms with Crippen molar-refractivity contribution in [3.63, 3.8) is 0 Å². The molecule has 4 aromatic rings. The normalized spacial score (nSPS) is 11.5. The second-order valence-corrected chi connectivity index (χ2v) is 9.95. The molecule has 0 saturated heterocycles. The minimum Gasteiger partial charge on any atom is -0.467 e. The van der Waals surface area contributed by atoms with Crippen molar-refractivity contribution in [2.24, 2.45) is 0 Å². The number of rotatable bonds is 7. The summed E-state index contributed by atoms with van der Waals surface area (Å²) in [5, 5.41) is 12.5. The monoisotopic (exact) mass is 460 g/mol. The van der Waals surface area contributed by atoms with E-state index >= 15 is 0 Å². The lowest BCUT2D eigenvalue weighted by molar-refractivity contribution is -0.113. The number of thioether (sulfide) groups is 1. The number of hydrogen-bond acceptors (Lipinski definition) is 5. The molecule has 6 nitrogen and oxygen atoms in total. The zero-order valence-electron chi connectivity index (χ0n) is 19.3. The minimum absolute atomic E-state index is 0.0754. The third-order valence-corrected chi connectivity index (χ3v) is 6.22. The van der Waals surface area contributed by atoms with Gasteiger partial charge in [-0.2, -0.15) is 0 Å². The van der Waals surface area contributed by atoms with E-state index in [0.717, 1.165) is 28.4 Å². The molecule has 0 bridgehead atoms. The van der Waals surface area contributed by atoms with Crippen LogP contribution in [0, 0.1) is 6.92 Å². The first-order valence-electron chi connectivity index (χ1n) is 10.9. The predicted octanol–water partition coefficient (Wildman–Crippen LogP) is 5.92. The van der Waals surface area contributed by atoms with Crippen molar-refractivity contribution in [2.45, 2.75) is 44.8 Å². The lowest BCUT2D eigenvalue weighted by Gasteiger charge is -2.19. The van der Waals surface area contributed by atoms with E-state index in [-0.39, 0.29) is 17.1 Å². The highest BCUT2D eigenvalue weighted by molar-refractivity contribution is 7.99. The van der Waals surface area contributed by atoms with Gasteiger partial charge >= 0.3 is 0 Å². The zero-order chi connectivity index (χ0) is 23.4. The second kappa shape index (κ2) is 9.67. The first-order valence-corrected chi connectivity index (χ1v) is 11.8. The fraction of sp³-hybridized carbons (Fsp3) is 0.269. The second-order valence-electron chi connectivity index (χ2n) is 9.01. The molecule has 1 amide bonds. The van der Waals surface area contributed by atoms with Gasteiger partial charge < -0.3 is 9.73 Å². The number of aryl methyl sites for hydroxylation is 1. The van der Waals surface area contributed by atoms with Crippen LogP contribution >= 0.6 is 11.8 Å². The third kappa shape index (κ3) is 5.73. The predicted molar refractivity (Wildman–Crippen MR) is 133 cm³/mol. The van der Waals surface area contributed by atoms with Crippen molar-refractivity contribution < 1.29 is 9.21 Å². The maximum atomic E-state index is 12.5. The van der Waals surface area contributed by atoms with Gasteiger partial charge in [0.1, 0.15) is 5.76 Å². The average Bonchev–Trinajstić information content (AvgIpc) is 3.42. The summed E-state index contributed by atoms with van der Waals surface area (Å²) in [6, 6.07) is 19.9. The quantitative estimate of drug-likeness (QED) is 0.346. The highest BCUT2D eigenvalue weighted by Gasteiger charge is 2.19. The van der Waals surface area contributed by atoms with Crippen molar-refractivity contribution in [1.82, 2.24) is 14.8 Å². The van der Waals surface area contributed by atoms with Crippen molar-refractivity contribution >= 4 is 23.4 Å². The molecule has 0 aliphatic rings. The van der Waals surface area contributed by atoms with E-state index in [0.29, 0.717) is 11.7 Å². The van der Waals surface area contributed by atoms with E-state index in [2.05, 4.69) is 60.6 Å². The van der Waals surface area contributed by atoms with Crippen LogP contribution in [0.4, 0.5) is 5.69 Å². The van der Waals surface area contributed by atoms with Gasteiger partial charge in [-0.3, -0.25) is 9.36 Å². The molecule has 4 rings (SSSR count). The number of nitrogens with zero attached hydrogens (tertiary/aromatic N) is 3. The summed E-state index contributed by atoms with van der Waals surface area (Å²) in [5.74, 6) is 1.68. The Kier molecular flexibility index (Phi) is 6.70. The van der Waals surface area contributed by atoms with Crippen LogP contribution in [0.25, 0.3) is 11.4 Å². The Labute approximate surface area is 198 Å². The van der Waals surface area contributed by atoms with Gasteiger partial charge in [-0.1, -0.05) is 68.9 Å². The summed E-state index contributed by atoms with van der Waals surface area (Å²) < 4.78 is 7.56. The summed E-state index contributed by atoms with van der Waals surface area (Å²) in [4.78, 5) is 12.5. The van der Waals surface area contributed by atoms with Gasteiger partial charge in [-0.05, 0) is 47.7 Å². The van der Waals surface area contributed by atoms with Gasteiger partial charge in [-0.15, -0.1) is 10.2 Å². The number of carbonyl (C=O) groups excluding carboxylic acids is 1. The topological polar surface area (TPSA) is 73.0 Å². The molecule has 7 heteroatoms. The van der Waals surface area contributed by atoms with Crippen molar-refractivity contribution in [3.05, 3.63) is 83.8 Å². The Morgan fingerprint density at radius 3 is 2.52 bits per heavy atom. The lowest BCUT2D eigenvalue weighted by Crippen LogP contribution is -2.15. The summed E-state index contributed by atoms with van der Waals surface area (Å²) in [7, 11) is 0. The minimum atomic E-state index is -0.0887. The van der Waals surface area contributed by atoms with Crippen LogP contribution in [0.2, 0.25) is 0 Å². The molecule has 0 spiro atoms. The summed E-state index contributed by atoms with van der Waals surface area (Å²) in [6.45, 7) is 9.06. The lowest BCUT2D eigenvalue weighted by atomic mass is 9.87. The first kappa shape index (κ1) is 22.9. The van der Waals surface area contributed by atoms with E-state index in [1.165, 1.54) is 17.3 Å². The Bertz CT molecular complexity index is 1220. The van der Waals surface area contributed by atoms with Crippen LogP contribution in [-0.4, -0.2) is 26.4 Å². The SMILES string of the molecule is Cc1cccc(NC(=O)CSc2nnc(-c3ccc(C(C)(C)C)cc3)n2Cc2ccco2)c1. The number of carbonyl (C=O) groups is 1. The molecule has 2 aromatic carbocycles. The molecule has 2 aromatic heterocycles. The van der Waals surface area contributed by atoms with E-state index < -0.39 is 0 Å². The van der Waals surface area contributed by atoms with Crippen molar-refractivity contribution in [2.75, 3.05) is 11.1 Å². The standard InChI is InChI=1S/C26H28N4O2S/c1-18-7-5-8-21(15-18)27-23(31)17-33-25-29-28-24(30(25)16-22-9-6-14-32-22)19-10-12-20(13-11-19)26(2,3)4/h5-15H,16-17H2,1-4H3,(H,27,31). The van der Waals surface area contributed by atoms with Gasteiger partial charge in [0.25, 0.3) is 0 Å². The number of hydrogen-bond donors (Lipinski definition) is 1. The van der Waals surface area contributed by atoms with E-state index in [4.69, 9.17) is 4.42 Å². The van der Waals surface area contributed by atoms with Crippen LogP contribution in [0.5, 0.6) is 0 Å². The smallest absolute Gasteiger partial charge is 0.234 e. The molecule has 0 unspecified atom stereocenters. The fourth-order valence-corrected chi connectivity index (χ4v) is 4.22. The molecule has 0 radical (unpaired) electrons. The van der Waals surface area contributed by atoms with Gasteiger partial charge in [0.15, 0.2) is 11.0 Å². The van der Waals surface area contributed by atoms with Crippen LogP contribution in [-0.2, 0) is 16.8 Å². The Balaban J connectivity index is 1.55. The number of nitrogens with one attached hydrogen (secondary N) is 1. The average molecular weight is 461 g/mol. The van der Waals surface area contributed by atoms with Crippen LogP contribution in [0.1, 0.15) is 37.7 Å². The van der Waals surface area contributed by atoms with E-state index in [9.17, 15) is 4.79 Å². The molecular formula is C26H28N4O2S. The van der Waals surface area contributed by atoms with Gasteiger partial charge in [0.05, 0.1) is 18.6 Å². The molecule has 0 fully saturated rings. The summed E-state index contributed by atoms with van der Waals surface area (Å²) in [6.07, 6.45) is 1.65. The zero-order valence-corrected chi connectivity index (χ0v) is 20.1. The van der Waals surface area contributed by atoms with Gasteiger partial charge in [-0.25, -0.2) is 0 Å². The number of aromatic nitrogens is 3. The van der Waals surface area contributed by atoms with Crippen LogP contribution in [0.15, 0.2) is 76.5 Å². The molecule has 0 aliphatic heterocycles. The molecular weight excluding hydrogens is 432 g/mol. The molecule has 33 heavy (non-hydrogen) atoms. The molecule has 1 N–H and O–H groups in total. The molecule has 0 saturated carbocycles. The number of amides is 1. The van der Waals surface area contributed by atoms with Gasteiger partial charge in [0, 0.05) is 11.3 Å². The van der Waals surface area contributed by atoms with Crippen LogP contribution in [0.3, 0.4) is 0 Å². The van der Waals surface area contributed by atoms with E-state index in [1.54, 1.807) is 6.26 Å². The van der Waals surface area contributed by atoms with Crippen LogP contribution < -0.4 is 5.32 Å². The van der Waals surface area contributed by atoms with E-state index in [1.807, 2.05) is 47.9 Å². The van der Waals surface area contributed by atoms with Crippen molar-refractivity contribution in [3.8, 4) is 11.4 Å². The maximum absolute atomic E-state index is 12.5. The molecule has 0 atom stereocenters. The van der Waals surface area contributed by atoms with Crippen molar-refractivity contribution in [1.29, 1.82) is 0 Å². The number of furan rings is 1. The highest BCUT2D eigenvalue weighted by atomic mass is 32.2. The Hall–Kier alpha value is -3.32. The maximum Gasteiger partial charge on any atom is 0.234 e. The number of benzene rings is 2. The summed E-state index contributed by atoms with van der Waals surface area (Å²) in [5.41, 5.74) is 4.19. The number of anilines is 1. The highest BCUT2D eigenvalue weighted by Crippen LogP contribution is 2.28. The Morgan fingerprint density at radius 1 is 1.06 bits per heavy atom. The molecule has 2 heterocycles. The third-order valence-electron chi connectivity index (χ3n) is 5.25. The Morgan fingerprint density at radius 2 is 1.85 bits per heavy atom. The first-order chi connectivity index (χ1) is 15.8.